The van der Waals surface area contributed by atoms with E-state index in [1.807, 2.05) is 0 Å². The van der Waals surface area contributed by atoms with Crippen molar-refractivity contribution in [2.75, 3.05) is 13.2 Å². The van der Waals surface area contributed by atoms with Gasteiger partial charge in [-0.15, -0.1) is 0 Å². The molecule has 0 bridgehead atoms. The molecule has 0 aliphatic rings. The summed E-state index contributed by atoms with van der Waals surface area (Å²) in [5, 5.41) is 0. The van der Waals surface area contributed by atoms with Crippen molar-refractivity contribution in [2.45, 2.75) is 380 Å². The highest BCUT2D eigenvalue weighted by atomic mass is 16.6. The first kappa shape index (κ1) is 73.6. The average molecular weight is 1070 g/mol. The van der Waals surface area contributed by atoms with Crippen LogP contribution in [0, 0.1) is 0 Å². The molecular formula is C70H130O6. The van der Waals surface area contributed by atoms with Gasteiger partial charge in [0.15, 0.2) is 6.10 Å². The van der Waals surface area contributed by atoms with Crippen LogP contribution in [0.4, 0.5) is 0 Å². The first-order valence-electron chi connectivity index (χ1n) is 34.0. The number of rotatable bonds is 63. The van der Waals surface area contributed by atoms with Gasteiger partial charge in [-0.1, -0.05) is 314 Å². The van der Waals surface area contributed by atoms with Gasteiger partial charge in [0.1, 0.15) is 13.2 Å². The van der Waals surface area contributed by atoms with Crippen LogP contribution in [0.5, 0.6) is 0 Å². The highest BCUT2D eigenvalue weighted by Gasteiger charge is 2.19. The second-order valence-electron chi connectivity index (χ2n) is 23.1. The van der Waals surface area contributed by atoms with Crippen LogP contribution in [0.2, 0.25) is 0 Å². The average Bonchev–Trinajstić information content (AvgIpc) is 3.42. The summed E-state index contributed by atoms with van der Waals surface area (Å²) in [6.07, 6.45) is 80.1. The van der Waals surface area contributed by atoms with Crippen LogP contribution in [0.15, 0.2) is 36.5 Å². The number of unbranched alkanes of at least 4 members (excludes halogenated alkanes) is 46. The first-order valence-corrected chi connectivity index (χ1v) is 34.0. The molecule has 1 unspecified atom stereocenters. The molecular weight excluding hydrogens is 937 g/mol. The van der Waals surface area contributed by atoms with Crippen LogP contribution in [-0.4, -0.2) is 37.2 Å². The first-order chi connectivity index (χ1) is 37.5. The number of esters is 3. The van der Waals surface area contributed by atoms with Crippen LogP contribution in [0.1, 0.15) is 374 Å². The molecule has 0 aromatic rings. The lowest BCUT2D eigenvalue weighted by Crippen LogP contribution is -2.30. The Morgan fingerprint density at radius 3 is 0.737 bits per heavy atom. The standard InChI is InChI=1S/C70H130O6/c1-4-7-10-13-16-19-22-25-28-31-32-33-34-35-36-37-38-40-42-45-48-51-54-57-60-63-69(72)75-66-67(65-74-68(71)62-59-56-53-50-47-44-41-30-27-24-21-18-15-12-9-6-3)76-70(73)64-61-58-55-52-49-46-43-39-29-26-23-20-17-14-11-8-5-2/h22,25-26,29,31-32,67H,4-21,23-24,27-28,30,33-66H2,1-3H3/b25-22-,29-26-,32-31-. The number of allylic oxidation sites excluding steroid dienone is 6. The summed E-state index contributed by atoms with van der Waals surface area (Å²) in [4.78, 5) is 38.4. The molecule has 0 fully saturated rings. The molecule has 6 nitrogen and oxygen atoms in total. The Kier molecular flexibility index (Phi) is 63.1. The molecule has 0 saturated carbocycles. The summed E-state index contributed by atoms with van der Waals surface area (Å²) in [6.45, 7) is 6.69. The number of ether oxygens (including phenoxy) is 3. The third kappa shape index (κ3) is 62.5. The van der Waals surface area contributed by atoms with E-state index < -0.39 is 6.10 Å². The predicted molar refractivity (Wildman–Crippen MR) is 330 cm³/mol. The van der Waals surface area contributed by atoms with Crippen molar-refractivity contribution in [3.63, 3.8) is 0 Å². The Hall–Kier alpha value is -2.37. The van der Waals surface area contributed by atoms with E-state index in [1.54, 1.807) is 0 Å². The molecule has 0 amide bonds. The zero-order chi connectivity index (χ0) is 55.0. The van der Waals surface area contributed by atoms with E-state index in [1.165, 1.54) is 270 Å². The molecule has 0 saturated heterocycles. The molecule has 0 aliphatic heterocycles. The number of hydrogen-bond donors (Lipinski definition) is 0. The Morgan fingerprint density at radius 2 is 0.474 bits per heavy atom. The fourth-order valence-electron chi connectivity index (χ4n) is 10.2. The van der Waals surface area contributed by atoms with Crippen LogP contribution >= 0.6 is 0 Å². The molecule has 0 aliphatic carbocycles. The van der Waals surface area contributed by atoms with Crippen LogP contribution in [0.3, 0.4) is 0 Å². The molecule has 1 atom stereocenters. The van der Waals surface area contributed by atoms with Crippen molar-refractivity contribution in [3.8, 4) is 0 Å². The minimum Gasteiger partial charge on any atom is -0.462 e. The zero-order valence-corrected chi connectivity index (χ0v) is 51.3. The molecule has 6 heteroatoms. The maximum absolute atomic E-state index is 12.9. The third-order valence-corrected chi connectivity index (χ3v) is 15.4. The van der Waals surface area contributed by atoms with E-state index in [4.69, 9.17) is 14.2 Å². The topological polar surface area (TPSA) is 78.9 Å². The van der Waals surface area contributed by atoms with Crippen molar-refractivity contribution < 1.29 is 28.6 Å². The van der Waals surface area contributed by atoms with E-state index in [0.717, 1.165) is 64.2 Å². The normalized spacial score (nSPS) is 12.2. The number of carbonyl (C=O) groups excluding carboxylic acids is 3. The summed E-state index contributed by atoms with van der Waals surface area (Å²) in [5.74, 6) is -0.847. The maximum Gasteiger partial charge on any atom is 0.306 e. The molecule has 0 aromatic carbocycles. The Balaban J connectivity index is 4.27. The fraction of sp³-hybridized carbons (Fsp3) is 0.871. The Labute approximate surface area is 474 Å². The van der Waals surface area contributed by atoms with Gasteiger partial charge in [-0.2, -0.15) is 0 Å². The van der Waals surface area contributed by atoms with E-state index in [0.29, 0.717) is 19.3 Å². The van der Waals surface area contributed by atoms with Gasteiger partial charge in [0, 0.05) is 19.3 Å². The predicted octanol–water partition coefficient (Wildman–Crippen LogP) is 23.2. The molecule has 0 N–H and O–H groups in total. The third-order valence-electron chi connectivity index (χ3n) is 15.4. The van der Waals surface area contributed by atoms with Gasteiger partial charge in [0.05, 0.1) is 0 Å². The lowest BCUT2D eigenvalue weighted by molar-refractivity contribution is -0.167. The van der Waals surface area contributed by atoms with Gasteiger partial charge in [-0.25, -0.2) is 0 Å². The number of hydrogen-bond acceptors (Lipinski definition) is 6. The summed E-state index contributed by atoms with van der Waals surface area (Å²) in [5.41, 5.74) is 0. The van der Waals surface area contributed by atoms with Gasteiger partial charge >= 0.3 is 17.9 Å². The second kappa shape index (κ2) is 65.2. The Morgan fingerprint density at radius 1 is 0.263 bits per heavy atom. The quantitative estimate of drug-likeness (QED) is 0.0261. The maximum atomic E-state index is 12.9. The molecule has 0 rings (SSSR count). The van der Waals surface area contributed by atoms with Gasteiger partial charge in [-0.05, 0) is 77.0 Å². The van der Waals surface area contributed by atoms with E-state index >= 15 is 0 Å². The largest absolute Gasteiger partial charge is 0.462 e. The van der Waals surface area contributed by atoms with Crippen molar-refractivity contribution in [1.29, 1.82) is 0 Å². The van der Waals surface area contributed by atoms with Gasteiger partial charge < -0.3 is 14.2 Å². The van der Waals surface area contributed by atoms with Crippen molar-refractivity contribution in [3.05, 3.63) is 36.5 Å². The highest BCUT2D eigenvalue weighted by Crippen LogP contribution is 2.18. The van der Waals surface area contributed by atoms with E-state index in [9.17, 15) is 14.4 Å². The molecule has 0 radical (unpaired) electrons. The van der Waals surface area contributed by atoms with Gasteiger partial charge in [0.2, 0.25) is 0 Å². The second-order valence-corrected chi connectivity index (χ2v) is 23.1. The van der Waals surface area contributed by atoms with Gasteiger partial charge in [0.25, 0.3) is 0 Å². The lowest BCUT2D eigenvalue weighted by Gasteiger charge is -2.18. The smallest absolute Gasteiger partial charge is 0.306 e. The molecule has 76 heavy (non-hydrogen) atoms. The van der Waals surface area contributed by atoms with Crippen LogP contribution < -0.4 is 0 Å². The van der Waals surface area contributed by atoms with Crippen molar-refractivity contribution in [1.82, 2.24) is 0 Å². The summed E-state index contributed by atoms with van der Waals surface area (Å²) < 4.78 is 17.0. The van der Waals surface area contributed by atoms with Crippen molar-refractivity contribution >= 4 is 17.9 Å². The van der Waals surface area contributed by atoms with E-state index in [-0.39, 0.29) is 31.1 Å². The molecule has 0 heterocycles. The highest BCUT2D eigenvalue weighted by molar-refractivity contribution is 5.71. The monoisotopic (exact) mass is 1070 g/mol. The summed E-state index contributed by atoms with van der Waals surface area (Å²) in [7, 11) is 0. The van der Waals surface area contributed by atoms with Gasteiger partial charge in [-0.3, -0.25) is 14.4 Å². The minimum atomic E-state index is -0.773. The van der Waals surface area contributed by atoms with Crippen LogP contribution in [-0.2, 0) is 28.6 Å². The number of carbonyl (C=O) groups is 3. The van der Waals surface area contributed by atoms with Crippen LogP contribution in [0.25, 0.3) is 0 Å². The summed E-state index contributed by atoms with van der Waals surface area (Å²) in [6, 6.07) is 0. The lowest BCUT2D eigenvalue weighted by atomic mass is 10.0. The van der Waals surface area contributed by atoms with E-state index in [2.05, 4.69) is 57.2 Å². The fourth-order valence-corrected chi connectivity index (χ4v) is 10.2. The SMILES string of the molecule is CCCCCCC/C=C\C/C=C\CCCCCCCCCCCCCCCC(=O)OCC(COC(=O)CCCCCCCCCCCCCCCCCC)OC(=O)CCCCCCCCC/C=C\CCCCCCCC. The molecule has 0 aromatic heterocycles. The minimum absolute atomic E-state index is 0.0689. The van der Waals surface area contributed by atoms with Crippen molar-refractivity contribution in [2.24, 2.45) is 0 Å². The zero-order valence-electron chi connectivity index (χ0n) is 51.3. The molecule has 0 spiro atoms. The Bertz CT molecular complexity index is 1270. The summed E-state index contributed by atoms with van der Waals surface area (Å²) >= 11 is 0. The molecule has 446 valence electrons.